The third kappa shape index (κ3) is 3.51. The molecule has 0 aliphatic rings. The lowest BCUT2D eigenvalue weighted by Crippen LogP contribution is -2.24. The van der Waals surface area contributed by atoms with E-state index in [0.29, 0.717) is 23.1 Å². The van der Waals surface area contributed by atoms with E-state index < -0.39 is 0 Å². The number of furan rings is 1. The van der Waals surface area contributed by atoms with Crippen LogP contribution in [-0.2, 0) is 6.54 Å². The first-order valence-corrected chi connectivity index (χ1v) is 6.72. The molecular formula is C14H16ClN3O2. The van der Waals surface area contributed by atoms with Gasteiger partial charge in [0.1, 0.15) is 23.0 Å². The molecule has 0 aliphatic heterocycles. The minimum Gasteiger partial charge on any atom is -0.465 e. The van der Waals surface area contributed by atoms with Gasteiger partial charge < -0.3 is 15.1 Å². The van der Waals surface area contributed by atoms with Gasteiger partial charge in [0.15, 0.2) is 0 Å². The summed E-state index contributed by atoms with van der Waals surface area (Å²) >= 11 is 6.00. The molecule has 2 rings (SSSR count). The Morgan fingerprint density at radius 1 is 1.35 bits per heavy atom. The number of hydrogen-bond acceptors (Lipinski definition) is 4. The number of anilines is 1. The van der Waals surface area contributed by atoms with Gasteiger partial charge in [0.2, 0.25) is 0 Å². The summed E-state index contributed by atoms with van der Waals surface area (Å²) in [6.07, 6.45) is 0. The molecule has 1 amide bonds. The largest absolute Gasteiger partial charge is 0.465 e. The smallest absolute Gasteiger partial charge is 0.271 e. The van der Waals surface area contributed by atoms with E-state index in [-0.39, 0.29) is 11.6 Å². The van der Waals surface area contributed by atoms with Crippen molar-refractivity contribution < 1.29 is 9.21 Å². The van der Waals surface area contributed by atoms with E-state index in [4.69, 9.17) is 16.0 Å². The van der Waals surface area contributed by atoms with Crippen LogP contribution in [0.2, 0.25) is 5.02 Å². The molecule has 106 valence electrons. The topological polar surface area (TPSA) is 67.2 Å². The van der Waals surface area contributed by atoms with Crippen LogP contribution in [0.3, 0.4) is 0 Å². The van der Waals surface area contributed by atoms with Gasteiger partial charge in [-0.25, -0.2) is 4.98 Å². The molecule has 0 bridgehead atoms. The monoisotopic (exact) mass is 293 g/mol. The summed E-state index contributed by atoms with van der Waals surface area (Å²) in [5.74, 6) is 1.79. The van der Waals surface area contributed by atoms with Gasteiger partial charge in [0, 0.05) is 6.54 Å². The molecule has 0 saturated heterocycles. The molecule has 20 heavy (non-hydrogen) atoms. The zero-order chi connectivity index (χ0) is 14.5. The lowest BCUT2D eigenvalue weighted by atomic mass is 10.3. The first kappa shape index (κ1) is 14.4. The third-order valence-electron chi connectivity index (χ3n) is 2.64. The minimum absolute atomic E-state index is 0.202. The lowest BCUT2D eigenvalue weighted by molar-refractivity contribution is 0.0943. The predicted molar refractivity (Wildman–Crippen MR) is 78.0 cm³/mol. The average Bonchev–Trinajstić information content (AvgIpc) is 2.84. The maximum absolute atomic E-state index is 12.1. The molecule has 2 aromatic heterocycles. The fourth-order valence-corrected chi connectivity index (χ4v) is 1.90. The summed E-state index contributed by atoms with van der Waals surface area (Å²) in [5.41, 5.74) is 0.202. The van der Waals surface area contributed by atoms with Crippen LogP contribution in [0.4, 0.5) is 5.82 Å². The maximum atomic E-state index is 12.1. The fraction of sp³-hybridized carbons (Fsp3) is 0.286. The number of pyridine rings is 1. The summed E-state index contributed by atoms with van der Waals surface area (Å²) in [4.78, 5) is 16.3. The van der Waals surface area contributed by atoms with Gasteiger partial charge >= 0.3 is 0 Å². The number of nitrogens with zero attached hydrogens (tertiary/aromatic N) is 1. The SMILES string of the molecule is CCNc1ccc(Cl)c(C(=O)NCc2ccc(C)o2)n1. The first-order chi connectivity index (χ1) is 9.60. The van der Waals surface area contributed by atoms with Gasteiger partial charge in [-0.15, -0.1) is 0 Å². The molecule has 2 heterocycles. The molecule has 0 aliphatic carbocycles. The number of nitrogens with one attached hydrogen (secondary N) is 2. The number of carbonyl (C=O) groups is 1. The maximum Gasteiger partial charge on any atom is 0.271 e. The quantitative estimate of drug-likeness (QED) is 0.889. The van der Waals surface area contributed by atoms with Crippen molar-refractivity contribution in [3.05, 3.63) is 46.5 Å². The highest BCUT2D eigenvalue weighted by Crippen LogP contribution is 2.17. The Morgan fingerprint density at radius 2 is 2.15 bits per heavy atom. The Morgan fingerprint density at radius 3 is 2.80 bits per heavy atom. The van der Waals surface area contributed by atoms with Crippen molar-refractivity contribution in [2.24, 2.45) is 0 Å². The molecule has 2 aromatic rings. The van der Waals surface area contributed by atoms with Crippen LogP contribution in [0, 0.1) is 6.92 Å². The number of rotatable bonds is 5. The summed E-state index contributed by atoms with van der Waals surface area (Å²) in [7, 11) is 0. The Bertz CT molecular complexity index is 610. The number of amides is 1. The molecule has 0 spiro atoms. The summed E-state index contributed by atoms with van der Waals surface area (Å²) in [6, 6.07) is 7.05. The highest BCUT2D eigenvalue weighted by molar-refractivity contribution is 6.33. The van der Waals surface area contributed by atoms with Crippen molar-refractivity contribution in [2.45, 2.75) is 20.4 Å². The number of aryl methyl sites for hydroxylation is 1. The van der Waals surface area contributed by atoms with E-state index in [2.05, 4.69) is 15.6 Å². The molecule has 0 fully saturated rings. The molecule has 5 nitrogen and oxygen atoms in total. The van der Waals surface area contributed by atoms with Crippen molar-refractivity contribution in [3.8, 4) is 0 Å². The van der Waals surface area contributed by atoms with E-state index in [0.717, 1.165) is 12.3 Å². The normalized spacial score (nSPS) is 10.3. The number of hydrogen-bond donors (Lipinski definition) is 2. The van der Waals surface area contributed by atoms with Gasteiger partial charge in [-0.05, 0) is 38.1 Å². The zero-order valence-corrected chi connectivity index (χ0v) is 12.1. The van der Waals surface area contributed by atoms with Crippen molar-refractivity contribution in [2.75, 3.05) is 11.9 Å². The first-order valence-electron chi connectivity index (χ1n) is 6.34. The van der Waals surface area contributed by atoms with Crippen molar-refractivity contribution in [1.29, 1.82) is 0 Å². The van der Waals surface area contributed by atoms with Gasteiger partial charge in [0.05, 0.1) is 11.6 Å². The summed E-state index contributed by atoms with van der Waals surface area (Å²) < 4.78 is 5.38. The van der Waals surface area contributed by atoms with Gasteiger partial charge in [0.25, 0.3) is 5.91 Å². The third-order valence-corrected chi connectivity index (χ3v) is 2.94. The predicted octanol–water partition coefficient (Wildman–Crippen LogP) is 3.00. The second-order valence-electron chi connectivity index (χ2n) is 4.25. The standard InChI is InChI=1S/C14H16ClN3O2/c1-3-16-12-7-6-11(15)13(18-12)14(19)17-8-10-5-4-9(2)20-10/h4-7H,3,8H2,1-2H3,(H,16,18)(H,17,19). The van der Waals surface area contributed by atoms with Crippen LogP contribution < -0.4 is 10.6 Å². The molecule has 2 N–H and O–H groups in total. The highest BCUT2D eigenvalue weighted by Gasteiger charge is 2.13. The van der Waals surface area contributed by atoms with Crippen molar-refractivity contribution in [3.63, 3.8) is 0 Å². The molecule has 0 saturated carbocycles. The Labute approximate surface area is 122 Å². The van der Waals surface area contributed by atoms with Crippen LogP contribution >= 0.6 is 11.6 Å². The second kappa shape index (κ2) is 6.43. The lowest BCUT2D eigenvalue weighted by Gasteiger charge is -2.07. The fourth-order valence-electron chi connectivity index (χ4n) is 1.71. The Balaban J connectivity index is 2.06. The van der Waals surface area contributed by atoms with E-state index in [9.17, 15) is 4.79 Å². The van der Waals surface area contributed by atoms with Crippen LogP contribution in [0.1, 0.15) is 28.9 Å². The molecule has 6 heteroatoms. The Kier molecular flexibility index (Phi) is 4.63. The highest BCUT2D eigenvalue weighted by atomic mass is 35.5. The minimum atomic E-state index is -0.330. The van der Waals surface area contributed by atoms with Crippen molar-refractivity contribution in [1.82, 2.24) is 10.3 Å². The van der Waals surface area contributed by atoms with Gasteiger partial charge in [-0.2, -0.15) is 0 Å². The van der Waals surface area contributed by atoms with Gasteiger partial charge in [-0.3, -0.25) is 4.79 Å². The molecule has 0 aromatic carbocycles. The molecule has 0 atom stereocenters. The zero-order valence-electron chi connectivity index (χ0n) is 11.4. The molecule has 0 unspecified atom stereocenters. The van der Waals surface area contributed by atoms with Crippen LogP contribution in [0.15, 0.2) is 28.7 Å². The van der Waals surface area contributed by atoms with E-state index in [1.807, 2.05) is 26.0 Å². The number of aromatic nitrogens is 1. The number of carbonyl (C=O) groups excluding carboxylic acids is 1. The summed E-state index contributed by atoms with van der Waals surface area (Å²) in [5, 5.41) is 6.09. The van der Waals surface area contributed by atoms with Gasteiger partial charge in [-0.1, -0.05) is 11.6 Å². The van der Waals surface area contributed by atoms with E-state index in [1.165, 1.54) is 0 Å². The van der Waals surface area contributed by atoms with E-state index >= 15 is 0 Å². The molecule has 0 radical (unpaired) electrons. The number of halogens is 1. The van der Waals surface area contributed by atoms with Crippen LogP contribution in [0.25, 0.3) is 0 Å². The molecular weight excluding hydrogens is 278 g/mol. The second-order valence-corrected chi connectivity index (χ2v) is 4.66. The Hall–Kier alpha value is -2.01. The van der Waals surface area contributed by atoms with E-state index in [1.54, 1.807) is 12.1 Å². The average molecular weight is 294 g/mol. The van der Waals surface area contributed by atoms with Crippen LogP contribution in [-0.4, -0.2) is 17.4 Å². The van der Waals surface area contributed by atoms with Crippen molar-refractivity contribution >= 4 is 23.3 Å². The van der Waals surface area contributed by atoms with Crippen LogP contribution in [0.5, 0.6) is 0 Å². The summed E-state index contributed by atoms with van der Waals surface area (Å²) in [6.45, 7) is 4.83.